The maximum atomic E-state index is 13.1. The van der Waals surface area contributed by atoms with E-state index in [-0.39, 0.29) is 12.5 Å². The first-order valence-corrected chi connectivity index (χ1v) is 11.1. The molecule has 7 heteroatoms. The highest BCUT2D eigenvalue weighted by molar-refractivity contribution is 5.97. The SMILES string of the molecule is CCOC(=O)[C@H]1N[C@@H]1C(=O)N[C@@H](Cc1ccccc1)C(=O)NCc1cccc2ccccc12. The molecular formula is C26H27N3O4. The van der Waals surface area contributed by atoms with Crippen LogP contribution < -0.4 is 16.0 Å². The fourth-order valence-electron chi connectivity index (χ4n) is 3.87. The summed E-state index contributed by atoms with van der Waals surface area (Å²) >= 11 is 0. The second-order valence-corrected chi connectivity index (χ2v) is 7.98. The Bertz CT molecular complexity index is 1140. The number of nitrogens with one attached hydrogen (secondary N) is 3. The third-order valence-corrected chi connectivity index (χ3v) is 5.65. The van der Waals surface area contributed by atoms with Crippen LogP contribution in [-0.4, -0.2) is 42.5 Å². The third-order valence-electron chi connectivity index (χ3n) is 5.65. The van der Waals surface area contributed by atoms with Gasteiger partial charge in [-0.25, -0.2) is 0 Å². The Morgan fingerprint density at radius 1 is 0.939 bits per heavy atom. The minimum Gasteiger partial charge on any atom is -0.465 e. The lowest BCUT2D eigenvalue weighted by atomic mass is 10.0. The Labute approximate surface area is 192 Å². The molecule has 1 fully saturated rings. The highest BCUT2D eigenvalue weighted by Crippen LogP contribution is 2.18. The lowest BCUT2D eigenvalue weighted by Crippen LogP contribution is -2.49. The first-order valence-electron chi connectivity index (χ1n) is 11.1. The maximum absolute atomic E-state index is 13.1. The number of hydrogen-bond acceptors (Lipinski definition) is 5. The fraction of sp³-hybridized carbons (Fsp3) is 0.269. The van der Waals surface area contributed by atoms with Crippen LogP contribution in [0.5, 0.6) is 0 Å². The van der Waals surface area contributed by atoms with Gasteiger partial charge in [0.05, 0.1) is 6.61 Å². The van der Waals surface area contributed by atoms with E-state index < -0.39 is 30.0 Å². The zero-order chi connectivity index (χ0) is 23.2. The van der Waals surface area contributed by atoms with Crippen molar-refractivity contribution in [3.63, 3.8) is 0 Å². The molecule has 1 aliphatic rings. The van der Waals surface area contributed by atoms with Gasteiger partial charge in [-0.05, 0) is 28.8 Å². The van der Waals surface area contributed by atoms with Crippen molar-refractivity contribution in [1.82, 2.24) is 16.0 Å². The molecule has 170 valence electrons. The van der Waals surface area contributed by atoms with Crippen LogP contribution in [0.25, 0.3) is 10.8 Å². The number of benzene rings is 3. The topological polar surface area (TPSA) is 106 Å². The molecule has 1 saturated heterocycles. The summed E-state index contributed by atoms with van der Waals surface area (Å²) in [5.41, 5.74) is 1.92. The van der Waals surface area contributed by atoms with E-state index in [2.05, 4.69) is 16.0 Å². The van der Waals surface area contributed by atoms with Crippen molar-refractivity contribution in [3.8, 4) is 0 Å². The van der Waals surface area contributed by atoms with Crippen LogP contribution in [0.1, 0.15) is 18.1 Å². The summed E-state index contributed by atoms with van der Waals surface area (Å²) in [5, 5.41) is 10.8. The largest absolute Gasteiger partial charge is 0.465 e. The second-order valence-electron chi connectivity index (χ2n) is 7.98. The van der Waals surface area contributed by atoms with E-state index in [1.54, 1.807) is 6.92 Å². The fourth-order valence-corrected chi connectivity index (χ4v) is 3.87. The maximum Gasteiger partial charge on any atom is 0.325 e. The Balaban J connectivity index is 1.44. The molecule has 0 bridgehead atoms. The normalized spacial score (nSPS) is 17.7. The molecule has 0 saturated carbocycles. The molecule has 3 aromatic carbocycles. The molecule has 3 N–H and O–H groups in total. The monoisotopic (exact) mass is 445 g/mol. The first kappa shape index (κ1) is 22.5. The summed E-state index contributed by atoms with van der Waals surface area (Å²) in [6.45, 7) is 2.30. The van der Waals surface area contributed by atoms with Crippen molar-refractivity contribution in [3.05, 3.63) is 83.9 Å². The molecule has 0 spiro atoms. The van der Waals surface area contributed by atoms with Gasteiger partial charge in [0.15, 0.2) is 0 Å². The van der Waals surface area contributed by atoms with Gasteiger partial charge in [0.25, 0.3) is 0 Å². The van der Waals surface area contributed by atoms with Crippen molar-refractivity contribution in [2.45, 2.75) is 38.0 Å². The van der Waals surface area contributed by atoms with Gasteiger partial charge in [-0.2, -0.15) is 0 Å². The van der Waals surface area contributed by atoms with Gasteiger partial charge in [0, 0.05) is 13.0 Å². The highest BCUT2D eigenvalue weighted by Gasteiger charge is 2.49. The van der Waals surface area contributed by atoms with E-state index >= 15 is 0 Å². The number of amides is 2. The molecule has 3 aromatic rings. The molecular weight excluding hydrogens is 418 g/mol. The van der Waals surface area contributed by atoms with E-state index in [1.165, 1.54) is 0 Å². The van der Waals surface area contributed by atoms with Crippen molar-refractivity contribution in [2.75, 3.05) is 6.61 Å². The van der Waals surface area contributed by atoms with E-state index in [1.807, 2.05) is 72.8 Å². The van der Waals surface area contributed by atoms with Gasteiger partial charge in [-0.1, -0.05) is 72.8 Å². The average molecular weight is 446 g/mol. The van der Waals surface area contributed by atoms with Crippen LogP contribution >= 0.6 is 0 Å². The Kier molecular flexibility index (Phi) is 7.00. The molecule has 0 unspecified atom stereocenters. The highest BCUT2D eigenvalue weighted by atomic mass is 16.5. The van der Waals surface area contributed by atoms with Gasteiger partial charge < -0.3 is 15.4 Å². The van der Waals surface area contributed by atoms with Gasteiger partial charge in [0.2, 0.25) is 11.8 Å². The third kappa shape index (κ3) is 5.56. The minimum absolute atomic E-state index is 0.249. The van der Waals surface area contributed by atoms with Gasteiger partial charge in [-0.3, -0.25) is 19.7 Å². The molecule has 4 rings (SSSR count). The lowest BCUT2D eigenvalue weighted by Gasteiger charge is -2.19. The average Bonchev–Trinajstić information content (AvgIpc) is 3.64. The predicted molar refractivity (Wildman–Crippen MR) is 125 cm³/mol. The summed E-state index contributed by atoms with van der Waals surface area (Å²) in [6, 6.07) is 21.3. The molecule has 2 amide bonds. The summed E-state index contributed by atoms with van der Waals surface area (Å²) < 4.78 is 4.96. The van der Waals surface area contributed by atoms with E-state index in [0.29, 0.717) is 13.0 Å². The molecule has 1 aliphatic heterocycles. The lowest BCUT2D eigenvalue weighted by molar-refractivity contribution is -0.143. The summed E-state index contributed by atoms with van der Waals surface area (Å²) in [7, 11) is 0. The zero-order valence-electron chi connectivity index (χ0n) is 18.4. The molecule has 7 nitrogen and oxygen atoms in total. The van der Waals surface area contributed by atoms with E-state index in [9.17, 15) is 14.4 Å². The number of carbonyl (C=O) groups excluding carboxylic acids is 3. The van der Waals surface area contributed by atoms with E-state index in [4.69, 9.17) is 4.74 Å². The number of ether oxygens (including phenoxy) is 1. The van der Waals surface area contributed by atoms with Crippen LogP contribution in [0.2, 0.25) is 0 Å². The number of hydrogen-bond donors (Lipinski definition) is 3. The quantitative estimate of drug-likeness (QED) is 0.345. The van der Waals surface area contributed by atoms with Crippen LogP contribution in [0.15, 0.2) is 72.8 Å². The Morgan fingerprint density at radius 2 is 1.67 bits per heavy atom. The summed E-state index contributed by atoms with van der Waals surface area (Å²) in [5.74, 6) is -1.14. The summed E-state index contributed by atoms with van der Waals surface area (Å²) in [6.07, 6.45) is 0.338. The molecule has 3 atom stereocenters. The number of esters is 1. The number of rotatable bonds is 9. The second kappa shape index (κ2) is 10.3. The number of carbonyl (C=O) groups is 3. The number of fused-ring (bicyclic) bond motifs is 1. The van der Waals surface area contributed by atoms with Crippen LogP contribution in [0, 0.1) is 0 Å². The van der Waals surface area contributed by atoms with Crippen LogP contribution in [-0.2, 0) is 32.1 Å². The Hall–Kier alpha value is -3.71. The molecule has 1 heterocycles. The summed E-state index contributed by atoms with van der Waals surface area (Å²) in [4.78, 5) is 37.7. The van der Waals surface area contributed by atoms with Crippen molar-refractivity contribution < 1.29 is 19.1 Å². The Morgan fingerprint density at radius 3 is 2.45 bits per heavy atom. The zero-order valence-corrected chi connectivity index (χ0v) is 18.4. The van der Waals surface area contributed by atoms with Crippen LogP contribution in [0.3, 0.4) is 0 Å². The van der Waals surface area contributed by atoms with Gasteiger partial charge in [-0.15, -0.1) is 0 Å². The molecule has 0 aromatic heterocycles. The molecule has 0 radical (unpaired) electrons. The van der Waals surface area contributed by atoms with Crippen LogP contribution in [0.4, 0.5) is 0 Å². The first-order chi connectivity index (χ1) is 16.1. The standard InChI is InChI=1S/C26H27N3O4/c1-2-33-26(32)23-22(29-23)25(31)28-21(15-17-9-4-3-5-10-17)24(30)27-16-19-13-8-12-18-11-6-7-14-20(18)19/h3-14,21-23,29H,2,15-16H2,1H3,(H,27,30)(H,28,31)/t21-,22-,23-/m0/s1. The molecule has 33 heavy (non-hydrogen) atoms. The van der Waals surface area contributed by atoms with Crippen molar-refractivity contribution >= 4 is 28.6 Å². The van der Waals surface area contributed by atoms with Gasteiger partial charge in [0.1, 0.15) is 18.1 Å². The van der Waals surface area contributed by atoms with Crippen molar-refractivity contribution in [2.24, 2.45) is 0 Å². The molecule has 0 aliphatic carbocycles. The smallest absolute Gasteiger partial charge is 0.325 e. The van der Waals surface area contributed by atoms with E-state index in [0.717, 1.165) is 21.9 Å². The van der Waals surface area contributed by atoms with Gasteiger partial charge >= 0.3 is 5.97 Å². The predicted octanol–water partition coefficient (Wildman–Crippen LogP) is 2.09. The van der Waals surface area contributed by atoms with Crippen molar-refractivity contribution in [1.29, 1.82) is 0 Å². The minimum atomic E-state index is -0.778.